The third kappa shape index (κ3) is 2.91. The third-order valence-electron chi connectivity index (χ3n) is 3.70. The van der Waals surface area contributed by atoms with Crippen LogP contribution in [0.2, 0.25) is 0 Å². The Labute approximate surface area is 121 Å². The first-order chi connectivity index (χ1) is 9.76. The smallest absolute Gasteiger partial charge is 0.231 e. The van der Waals surface area contributed by atoms with E-state index >= 15 is 0 Å². The minimum absolute atomic E-state index is 0.247. The van der Waals surface area contributed by atoms with Gasteiger partial charge in [0.1, 0.15) is 0 Å². The Kier molecular flexibility index (Phi) is 4.12. The van der Waals surface area contributed by atoms with E-state index in [1.807, 2.05) is 12.1 Å². The van der Waals surface area contributed by atoms with Gasteiger partial charge in [-0.05, 0) is 30.5 Å². The summed E-state index contributed by atoms with van der Waals surface area (Å²) in [5.74, 6) is 3.75. The highest BCUT2D eigenvalue weighted by Crippen LogP contribution is 2.41. The Morgan fingerprint density at radius 2 is 2.15 bits per heavy atom. The average Bonchev–Trinajstić information content (AvgIpc) is 2.94. The molecule has 0 aromatic heterocycles. The normalized spacial score (nSPS) is 24.6. The lowest BCUT2D eigenvalue weighted by Gasteiger charge is -2.22. The third-order valence-corrected chi connectivity index (χ3v) is 5.08. The highest BCUT2D eigenvalue weighted by molar-refractivity contribution is 7.85. The Balaban J connectivity index is 1.64. The predicted octanol–water partition coefficient (Wildman–Crippen LogP) is 1.42. The zero-order valence-corrected chi connectivity index (χ0v) is 12.3. The van der Waals surface area contributed by atoms with Crippen LogP contribution in [0.3, 0.4) is 0 Å². The maximum Gasteiger partial charge on any atom is 0.231 e. The van der Waals surface area contributed by atoms with Crippen molar-refractivity contribution in [3.8, 4) is 17.2 Å². The quantitative estimate of drug-likeness (QED) is 0.911. The van der Waals surface area contributed by atoms with Crippen LogP contribution in [-0.2, 0) is 17.3 Å². The topological polar surface area (TPSA) is 56.8 Å². The van der Waals surface area contributed by atoms with E-state index in [9.17, 15) is 4.21 Å². The largest absolute Gasteiger partial charge is 0.493 e. The van der Waals surface area contributed by atoms with Crippen LogP contribution in [0.1, 0.15) is 18.4 Å². The molecule has 1 aromatic carbocycles. The van der Waals surface area contributed by atoms with E-state index in [4.69, 9.17) is 14.2 Å². The second-order valence-electron chi connectivity index (χ2n) is 5.04. The molecule has 1 N–H and O–H groups in total. The van der Waals surface area contributed by atoms with Gasteiger partial charge in [0.2, 0.25) is 12.5 Å². The van der Waals surface area contributed by atoms with Gasteiger partial charge < -0.3 is 19.5 Å². The van der Waals surface area contributed by atoms with E-state index in [1.165, 1.54) is 0 Å². The van der Waals surface area contributed by atoms with Crippen LogP contribution in [0, 0.1) is 0 Å². The first-order valence-corrected chi connectivity index (χ1v) is 8.30. The lowest BCUT2D eigenvalue weighted by atomic mass is 10.1. The molecular weight excluding hydrogens is 278 g/mol. The Bertz CT molecular complexity index is 510. The van der Waals surface area contributed by atoms with Crippen LogP contribution in [0.4, 0.5) is 0 Å². The summed E-state index contributed by atoms with van der Waals surface area (Å²) in [5, 5.41) is 3.51. The van der Waals surface area contributed by atoms with E-state index in [0.29, 0.717) is 17.5 Å². The van der Waals surface area contributed by atoms with Crippen molar-refractivity contribution in [1.82, 2.24) is 5.32 Å². The maximum absolute atomic E-state index is 11.3. The molecule has 0 radical (unpaired) electrons. The van der Waals surface area contributed by atoms with Crippen LogP contribution in [0.15, 0.2) is 12.1 Å². The summed E-state index contributed by atoms with van der Waals surface area (Å²) >= 11 is 0. The van der Waals surface area contributed by atoms with Crippen molar-refractivity contribution in [2.24, 2.45) is 0 Å². The molecule has 0 atom stereocenters. The highest BCUT2D eigenvalue weighted by atomic mass is 32.2. The molecule has 0 spiro atoms. The minimum atomic E-state index is -0.611. The van der Waals surface area contributed by atoms with Crippen LogP contribution in [-0.4, -0.2) is 35.7 Å². The van der Waals surface area contributed by atoms with Gasteiger partial charge in [0.05, 0.1) is 7.11 Å². The van der Waals surface area contributed by atoms with E-state index < -0.39 is 10.8 Å². The van der Waals surface area contributed by atoms with E-state index in [0.717, 1.165) is 42.2 Å². The SMILES string of the molecule is COc1cc(CNC2CCS(=O)CC2)cc2c1OCO2. The first kappa shape index (κ1) is 13.7. The molecule has 20 heavy (non-hydrogen) atoms. The van der Waals surface area contributed by atoms with Gasteiger partial charge in [0.25, 0.3) is 0 Å². The Morgan fingerprint density at radius 3 is 2.90 bits per heavy atom. The monoisotopic (exact) mass is 297 g/mol. The van der Waals surface area contributed by atoms with Crippen molar-refractivity contribution < 1.29 is 18.4 Å². The van der Waals surface area contributed by atoms with E-state index in [2.05, 4.69) is 5.32 Å². The molecule has 0 bridgehead atoms. The molecule has 5 nitrogen and oxygen atoms in total. The van der Waals surface area contributed by atoms with Gasteiger partial charge in [-0.25, -0.2) is 0 Å². The molecule has 1 fully saturated rings. The summed E-state index contributed by atoms with van der Waals surface area (Å²) in [5.41, 5.74) is 1.11. The van der Waals surface area contributed by atoms with Crippen molar-refractivity contribution in [1.29, 1.82) is 0 Å². The van der Waals surface area contributed by atoms with Crippen LogP contribution >= 0.6 is 0 Å². The molecule has 110 valence electrons. The molecule has 0 saturated carbocycles. The second kappa shape index (κ2) is 6.01. The van der Waals surface area contributed by atoms with Crippen molar-refractivity contribution >= 4 is 10.8 Å². The molecular formula is C14H19NO4S. The summed E-state index contributed by atoms with van der Waals surface area (Å²) in [6.45, 7) is 1.00. The van der Waals surface area contributed by atoms with E-state index in [-0.39, 0.29) is 6.79 Å². The van der Waals surface area contributed by atoms with Crippen molar-refractivity contribution in [3.05, 3.63) is 17.7 Å². The highest BCUT2D eigenvalue weighted by Gasteiger charge is 2.21. The summed E-state index contributed by atoms with van der Waals surface area (Å²) in [6.07, 6.45) is 1.96. The summed E-state index contributed by atoms with van der Waals surface area (Å²) in [6, 6.07) is 4.41. The molecule has 2 aliphatic heterocycles. The van der Waals surface area contributed by atoms with Crippen molar-refractivity contribution in [2.75, 3.05) is 25.4 Å². The molecule has 2 heterocycles. The number of hydrogen-bond donors (Lipinski definition) is 1. The van der Waals surface area contributed by atoms with Gasteiger partial charge in [0, 0.05) is 34.9 Å². The average molecular weight is 297 g/mol. The number of rotatable bonds is 4. The summed E-state index contributed by atoms with van der Waals surface area (Å²) in [7, 11) is 1.02. The van der Waals surface area contributed by atoms with Gasteiger partial charge in [0.15, 0.2) is 11.5 Å². The maximum atomic E-state index is 11.3. The lowest BCUT2D eigenvalue weighted by molar-refractivity contribution is 0.171. The lowest BCUT2D eigenvalue weighted by Crippen LogP contribution is -2.35. The molecule has 0 unspecified atom stereocenters. The number of methoxy groups -OCH3 is 1. The summed E-state index contributed by atoms with van der Waals surface area (Å²) in [4.78, 5) is 0. The molecule has 1 aromatic rings. The molecule has 3 rings (SSSR count). The van der Waals surface area contributed by atoms with Crippen molar-refractivity contribution in [3.63, 3.8) is 0 Å². The standard InChI is InChI=1S/C14H19NO4S/c1-17-12-6-10(7-13-14(12)19-9-18-13)8-15-11-2-4-20(16)5-3-11/h6-7,11,15H,2-5,8-9H2,1H3. The van der Waals surface area contributed by atoms with Gasteiger partial charge in [-0.1, -0.05) is 0 Å². The van der Waals surface area contributed by atoms with Gasteiger partial charge in [-0.2, -0.15) is 0 Å². The Hall–Kier alpha value is -1.27. The van der Waals surface area contributed by atoms with Crippen molar-refractivity contribution in [2.45, 2.75) is 25.4 Å². The number of ether oxygens (including phenoxy) is 3. The number of fused-ring (bicyclic) bond motifs is 1. The van der Waals surface area contributed by atoms with Crippen LogP contribution in [0.25, 0.3) is 0 Å². The zero-order chi connectivity index (χ0) is 13.9. The fraction of sp³-hybridized carbons (Fsp3) is 0.571. The number of nitrogens with one attached hydrogen (secondary N) is 1. The minimum Gasteiger partial charge on any atom is -0.493 e. The molecule has 6 heteroatoms. The van der Waals surface area contributed by atoms with Gasteiger partial charge >= 0.3 is 0 Å². The fourth-order valence-corrected chi connectivity index (χ4v) is 3.85. The number of benzene rings is 1. The van der Waals surface area contributed by atoms with Crippen LogP contribution in [0.5, 0.6) is 17.2 Å². The second-order valence-corrected chi connectivity index (χ2v) is 6.73. The van der Waals surface area contributed by atoms with Gasteiger partial charge in [-0.3, -0.25) is 4.21 Å². The zero-order valence-electron chi connectivity index (χ0n) is 11.5. The first-order valence-electron chi connectivity index (χ1n) is 6.81. The molecule has 0 aliphatic carbocycles. The molecule has 2 aliphatic rings. The molecule has 0 amide bonds. The Morgan fingerprint density at radius 1 is 1.35 bits per heavy atom. The predicted molar refractivity (Wildman–Crippen MR) is 76.9 cm³/mol. The molecule has 1 saturated heterocycles. The fourth-order valence-electron chi connectivity index (χ4n) is 2.55. The summed E-state index contributed by atoms with van der Waals surface area (Å²) < 4.78 is 27.5. The van der Waals surface area contributed by atoms with Crippen LogP contribution < -0.4 is 19.5 Å². The number of hydrogen-bond acceptors (Lipinski definition) is 5. The van der Waals surface area contributed by atoms with E-state index in [1.54, 1.807) is 7.11 Å². The van der Waals surface area contributed by atoms with Gasteiger partial charge in [-0.15, -0.1) is 0 Å².